The number of phenolic OH excluding ortho intramolecular Hbond substituents is 1. The summed E-state index contributed by atoms with van der Waals surface area (Å²) >= 11 is 0. The van der Waals surface area contributed by atoms with Gasteiger partial charge in [0, 0.05) is 16.5 Å². The minimum Gasteiger partial charge on any atom is -0.507 e. The number of nitrogen functional groups attached to an aromatic ring is 1. The Balaban J connectivity index is 2.92. The van der Waals surface area contributed by atoms with Gasteiger partial charge in [-0.05, 0) is 25.1 Å². The molecule has 0 amide bonds. The lowest BCUT2D eigenvalue weighted by molar-refractivity contribution is 0.481. The van der Waals surface area contributed by atoms with Crippen LogP contribution in [0, 0.1) is 6.92 Å². The van der Waals surface area contributed by atoms with E-state index in [-0.39, 0.29) is 5.75 Å². The average molecular weight is 173 g/mol. The van der Waals surface area contributed by atoms with E-state index >= 15 is 0 Å². The maximum atomic E-state index is 9.56. The SMILES string of the molecule is Cc1ccc2c(N)ccc(O)c2c1. The van der Waals surface area contributed by atoms with Gasteiger partial charge in [0.1, 0.15) is 5.75 Å². The highest BCUT2D eigenvalue weighted by molar-refractivity contribution is 5.97. The van der Waals surface area contributed by atoms with Crippen molar-refractivity contribution in [3.63, 3.8) is 0 Å². The number of aromatic hydroxyl groups is 1. The van der Waals surface area contributed by atoms with Gasteiger partial charge in [-0.2, -0.15) is 0 Å². The van der Waals surface area contributed by atoms with Crippen molar-refractivity contribution in [1.29, 1.82) is 0 Å². The molecule has 2 rings (SSSR count). The zero-order chi connectivity index (χ0) is 9.42. The fourth-order valence-electron chi connectivity index (χ4n) is 1.47. The monoisotopic (exact) mass is 173 g/mol. The van der Waals surface area contributed by atoms with Gasteiger partial charge in [0.15, 0.2) is 0 Å². The van der Waals surface area contributed by atoms with Crippen molar-refractivity contribution < 1.29 is 5.11 Å². The molecule has 0 fully saturated rings. The first-order valence-electron chi connectivity index (χ1n) is 4.16. The Morgan fingerprint density at radius 3 is 2.62 bits per heavy atom. The van der Waals surface area contributed by atoms with Crippen molar-refractivity contribution in [3.8, 4) is 5.75 Å². The first-order valence-corrected chi connectivity index (χ1v) is 4.16. The molecule has 0 aliphatic carbocycles. The van der Waals surface area contributed by atoms with Crippen molar-refractivity contribution in [3.05, 3.63) is 35.9 Å². The second-order valence-corrected chi connectivity index (χ2v) is 3.22. The van der Waals surface area contributed by atoms with E-state index < -0.39 is 0 Å². The zero-order valence-corrected chi connectivity index (χ0v) is 7.41. The molecule has 2 aromatic rings. The van der Waals surface area contributed by atoms with Crippen LogP contribution < -0.4 is 5.73 Å². The van der Waals surface area contributed by atoms with E-state index in [1.54, 1.807) is 12.1 Å². The van der Waals surface area contributed by atoms with Crippen LogP contribution in [0.3, 0.4) is 0 Å². The van der Waals surface area contributed by atoms with E-state index in [4.69, 9.17) is 5.73 Å². The van der Waals surface area contributed by atoms with E-state index in [0.29, 0.717) is 5.69 Å². The van der Waals surface area contributed by atoms with Gasteiger partial charge in [-0.1, -0.05) is 17.7 Å². The second kappa shape index (κ2) is 2.66. The van der Waals surface area contributed by atoms with Gasteiger partial charge in [0.25, 0.3) is 0 Å². The molecule has 0 atom stereocenters. The Hall–Kier alpha value is -1.70. The van der Waals surface area contributed by atoms with Crippen LogP contribution in [0.5, 0.6) is 5.75 Å². The number of fused-ring (bicyclic) bond motifs is 1. The number of rotatable bonds is 0. The van der Waals surface area contributed by atoms with Crippen molar-refractivity contribution in [1.82, 2.24) is 0 Å². The predicted octanol–water partition coefficient (Wildman–Crippen LogP) is 2.44. The minimum absolute atomic E-state index is 0.285. The summed E-state index contributed by atoms with van der Waals surface area (Å²) in [4.78, 5) is 0. The van der Waals surface area contributed by atoms with Crippen molar-refractivity contribution >= 4 is 16.5 Å². The number of hydrogen-bond acceptors (Lipinski definition) is 2. The summed E-state index contributed by atoms with van der Waals surface area (Å²) < 4.78 is 0. The number of benzene rings is 2. The molecule has 0 bridgehead atoms. The van der Waals surface area contributed by atoms with Crippen LogP contribution in [0.4, 0.5) is 5.69 Å². The Morgan fingerprint density at radius 2 is 1.85 bits per heavy atom. The van der Waals surface area contributed by atoms with E-state index in [1.807, 2.05) is 25.1 Å². The van der Waals surface area contributed by atoms with Gasteiger partial charge in [0.2, 0.25) is 0 Å². The van der Waals surface area contributed by atoms with Gasteiger partial charge < -0.3 is 10.8 Å². The van der Waals surface area contributed by atoms with Crippen LogP contribution in [0.25, 0.3) is 10.8 Å². The molecule has 2 nitrogen and oxygen atoms in total. The Morgan fingerprint density at radius 1 is 1.08 bits per heavy atom. The summed E-state index contributed by atoms with van der Waals surface area (Å²) in [5, 5.41) is 11.3. The number of aryl methyl sites for hydroxylation is 1. The molecular weight excluding hydrogens is 162 g/mol. The topological polar surface area (TPSA) is 46.2 Å². The lowest BCUT2D eigenvalue weighted by atomic mass is 10.1. The fourth-order valence-corrected chi connectivity index (χ4v) is 1.47. The molecule has 0 spiro atoms. The maximum absolute atomic E-state index is 9.56. The largest absolute Gasteiger partial charge is 0.507 e. The summed E-state index contributed by atoms with van der Waals surface area (Å²) in [5.41, 5.74) is 7.58. The summed E-state index contributed by atoms with van der Waals surface area (Å²) in [5.74, 6) is 0.285. The van der Waals surface area contributed by atoms with Crippen LogP contribution in [0.1, 0.15) is 5.56 Å². The van der Waals surface area contributed by atoms with Crippen molar-refractivity contribution in [2.45, 2.75) is 6.92 Å². The normalized spacial score (nSPS) is 10.5. The summed E-state index contributed by atoms with van der Waals surface area (Å²) in [6.45, 7) is 1.99. The molecule has 0 aliphatic rings. The van der Waals surface area contributed by atoms with E-state index in [0.717, 1.165) is 16.3 Å². The van der Waals surface area contributed by atoms with Gasteiger partial charge in [0.05, 0.1) is 0 Å². The molecule has 2 aromatic carbocycles. The number of phenols is 1. The maximum Gasteiger partial charge on any atom is 0.123 e. The van der Waals surface area contributed by atoms with Gasteiger partial charge in [-0.15, -0.1) is 0 Å². The van der Waals surface area contributed by atoms with Crippen LogP contribution in [-0.2, 0) is 0 Å². The molecule has 13 heavy (non-hydrogen) atoms. The standard InChI is InChI=1S/C11H11NO/c1-7-2-3-8-9(6-7)11(13)5-4-10(8)12/h2-6,13H,12H2,1H3. The van der Waals surface area contributed by atoms with Crippen LogP contribution in [0.2, 0.25) is 0 Å². The third-order valence-electron chi connectivity index (χ3n) is 2.18. The second-order valence-electron chi connectivity index (χ2n) is 3.22. The van der Waals surface area contributed by atoms with E-state index in [9.17, 15) is 5.11 Å². The van der Waals surface area contributed by atoms with Crippen molar-refractivity contribution in [2.24, 2.45) is 0 Å². The molecule has 0 heterocycles. The first kappa shape index (κ1) is 7.92. The molecule has 3 N–H and O–H groups in total. The predicted molar refractivity (Wildman–Crippen MR) is 54.8 cm³/mol. The summed E-state index contributed by atoms with van der Waals surface area (Å²) in [6.07, 6.45) is 0. The number of anilines is 1. The van der Waals surface area contributed by atoms with Crippen LogP contribution in [-0.4, -0.2) is 5.11 Å². The lowest BCUT2D eigenvalue weighted by Gasteiger charge is -2.04. The smallest absolute Gasteiger partial charge is 0.123 e. The van der Waals surface area contributed by atoms with Gasteiger partial charge >= 0.3 is 0 Å². The van der Waals surface area contributed by atoms with E-state index in [2.05, 4.69) is 0 Å². The Bertz CT molecular complexity index is 463. The molecule has 0 aliphatic heterocycles. The van der Waals surface area contributed by atoms with Gasteiger partial charge in [-0.3, -0.25) is 0 Å². The molecule has 0 aromatic heterocycles. The molecule has 2 heteroatoms. The number of hydrogen-bond donors (Lipinski definition) is 2. The van der Waals surface area contributed by atoms with E-state index in [1.165, 1.54) is 0 Å². The molecule has 66 valence electrons. The highest BCUT2D eigenvalue weighted by atomic mass is 16.3. The zero-order valence-electron chi connectivity index (χ0n) is 7.41. The lowest BCUT2D eigenvalue weighted by Crippen LogP contribution is -1.87. The summed E-state index contributed by atoms with van der Waals surface area (Å²) in [6, 6.07) is 9.18. The molecular formula is C11H11NO. The Labute approximate surface area is 76.6 Å². The van der Waals surface area contributed by atoms with Crippen LogP contribution in [0.15, 0.2) is 30.3 Å². The highest BCUT2D eigenvalue weighted by Crippen LogP contribution is 2.29. The third kappa shape index (κ3) is 1.20. The minimum atomic E-state index is 0.285. The highest BCUT2D eigenvalue weighted by Gasteiger charge is 2.02. The number of nitrogens with two attached hydrogens (primary N) is 1. The molecule has 0 saturated carbocycles. The Kier molecular flexibility index (Phi) is 1.62. The molecule has 0 radical (unpaired) electrons. The molecule has 0 saturated heterocycles. The van der Waals surface area contributed by atoms with Crippen LogP contribution >= 0.6 is 0 Å². The third-order valence-corrected chi connectivity index (χ3v) is 2.18. The quantitative estimate of drug-likeness (QED) is 0.474. The van der Waals surface area contributed by atoms with Crippen molar-refractivity contribution in [2.75, 3.05) is 5.73 Å². The van der Waals surface area contributed by atoms with Gasteiger partial charge in [-0.25, -0.2) is 0 Å². The summed E-state index contributed by atoms with van der Waals surface area (Å²) in [7, 11) is 0. The fraction of sp³-hybridized carbons (Fsp3) is 0.0909. The average Bonchev–Trinajstić information content (AvgIpc) is 2.12. The molecule has 0 unspecified atom stereocenters. The first-order chi connectivity index (χ1) is 6.18.